The Bertz CT molecular complexity index is 715. The Hall–Kier alpha value is -2.04. The fraction of sp³-hybridized carbons (Fsp3) is 0.579. The number of hydrogen-bond donors (Lipinski definition) is 0. The minimum absolute atomic E-state index is 0.0540. The number of carbonyl (C=O) groups is 2. The Balaban J connectivity index is 1.58. The SMILES string of the molecule is CC(C)(C)OC(=O)N1CCc2cc3c(cc2C1)C(=O)OC3C1CC1. The quantitative estimate of drug-likeness (QED) is 0.739. The van der Waals surface area contributed by atoms with Crippen molar-refractivity contribution in [2.75, 3.05) is 6.54 Å². The molecule has 1 saturated carbocycles. The van der Waals surface area contributed by atoms with Gasteiger partial charge >= 0.3 is 12.1 Å². The van der Waals surface area contributed by atoms with Gasteiger partial charge in [0.2, 0.25) is 0 Å². The van der Waals surface area contributed by atoms with Gasteiger partial charge in [-0.2, -0.15) is 0 Å². The first-order chi connectivity index (χ1) is 11.3. The second-order valence-electron chi connectivity index (χ2n) is 8.02. The van der Waals surface area contributed by atoms with E-state index in [2.05, 4.69) is 6.07 Å². The molecule has 1 unspecified atom stereocenters. The van der Waals surface area contributed by atoms with E-state index in [-0.39, 0.29) is 18.2 Å². The first-order valence-electron chi connectivity index (χ1n) is 8.66. The molecule has 5 nitrogen and oxygen atoms in total. The van der Waals surface area contributed by atoms with Gasteiger partial charge in [0.15, 0.2) is 0 Å². The van der Waals surface area contributed by atoms with Crippen LogP contribution in [-0.4, -0.2) is 29.1 Å². The molecule has 128 valence electrons. The number of amides is 1. The van der Waals surface area contributed by atoms with Gasteiger partial charge in [0.1, 0.15) is 11.7 Å². The van der Waals surface area contributed by atoms with Crippen LogP contribution in [0.2, 0.25) is 0 Å². The third-order valence-electron chi connectivity index (χ3n) is 4.85. The highest BCUT2D eigenvalue weighted by atomic mass is 16.6. The molecular formula is C19H23NO4. The molecule has 4 rings (SSSR count). The van der Waals surface area contributed by atoms with Crippen LogP contribution in [0.4, 0.5) is 4.79 Å². The van der Waals surface area contributed by atoms with E-state index < -0.39 is 5.60 Å². The first-order valence-corrected chi connectivity index (χ1v) is 8.66. The number of carbonyl (C=O) groups excluding carboxylic acids is 2. The van der Waals surface area contributed by atoms with E-state index in [0.29, 0.717) is 24.6 Å². The van der Waals surface area contributed by atoms with Gasteiger partial charge < -0.3 is 14.4 Å². The zero-order valence-electron chi connectivity index (χ0n) is 14.4. The number of rotatable bonds is 1. The molecule has 2 aliphatic heterocycles. The largest absolute Gasteiger partial charge is 0.454 e. The van der Waals surface area contributed by atoms with Crippen LogP contribution in [0.5, 0.6) is 0 Å². The maximum Gasteiger partial charge on any atom is 0.410 e. The summed E-state index contributed by atoms with van der Waals surface area (Å²) in [5.41, 5.74) is 3.47. The van der Waals surface area contributed by atoms with Crippen LogP contribution in [0.25, 0.3) is 0 Å². The van der Waals surface area contributed by atoms with Crippen LogP contribution in [0.3, 0.4) is 0 Å². The standard InChI is InChI=1S/C19H23NO4/c1-19(2,3)24-18(22)20-7-6-12-8-14-15(9-13(12)10-20)17(21)23-16(14)11-4-5-11/h8-9,11,16H,4-7,10H2,1-3H3. The molecule has 0 N–H and O–H groups in total. The van der Waals surface area contributed by atoms with E-state index in [9.17, 15) is 9.59 Å². The van der Waals surface area contributed by atoms with Crippen LogP contribution in [-0.2, 0) is 22.4 Å². The molecular weight excluding hydrogens is 306 g/mol. The number of hydrogen-bond acceptors (Lipinski definition) is 4. The molecule has 0 bridgehead atoms. The molecule has 1 aromatic carbocycles. The summed E-state index contributed by atoms with van der Waals surface area (Å²) >= 11 is 0. The molecule has 1 fully saturated rings. The molecule has 24 heavy (non-hydrogen) atoms. The number of benzene rings is 1. The maximum atomic E-state index is 12.3. The van der Waals surface area contributed by atoms with Crippen molar-refractivity contribution < 1.29 is 19.1 Å². The van der Waals surface area contributed by atoms with Gasteiger partial charge in [-0.05, 0) is 57.2 Å². The molecule has 1 aliphatic carbocycles. The summed E-state index contributed by atoms with van der Waals surface area (Å²) in [7, 11) is 0. The van der Waals surface area contributed by atoms with E-state index >= 15 is 0 Å². The number of nitrogens with zero attached hydrogens (tertiary/aromatic N) is 1. The summed E-state index contributed by atoms with van der Waals surface area (Å²) in [6.07, 6.45) is 2.71. The fourth-order valence-electron chi connectivity index (χ4n) is 3.51. The van der Waals surface area contributed by atoms with Crippen molar-refractivity contribution in [1.82, 2.24) is 4.90 Å². The van der Waals surface area contributed by atoms with Crippen molar-refractivity contribution in [3.63, 3.8) is 0 Å². The highest BCUT2D eigenvalue weighted by molar-refractivity contribution is 5.94. The van der Waals surface area contributed by atoms with Crippen molar-refractivity contribution >= 4 is 12.1 Å². The monoisotopic (exact) mass is 329 g/mol. The summed E-state index contributed by atoms with van der Waals surface area (Å²) in [5, 5.41) is 0. The van der Waals surface area contributed by atoms with Gasteiger partial charge in [0, 0.05) is 24.6 Å². The number of fused-ring (bicyclic) bond motifs is 2. The summed E-state index contributed by atoms with van der Waals surface area (Å²) in [6.45, 7) is 6.72. The predicted octanol–water partition coefficient (Wildman–Crippen LogP) is 3.60. The van der Waals surface area contributed by atoms with Gasteiger partial charge in [-0.3, -0.25) is 0 Å². The molecule has 3 aliphatic rings. The maximum absolute atomic E-state index is 12.3. The third-order valence-corrected chi connectivity index (χ3v) is 4.85. The lowest BCUT2D eigenvalue weighted by Gasteiger charge is -2.31. The highest BCUT2D eigenvalue weighted by Crippen LogP contribution is 2.48. The van der Waals surface area contributed by atoms with Crippen molar-refractivity contribution in [1.29, 1.82) is 0 Å². The summed E-state index contributed by atoms with van der Waals surface area (Å²) in [6, 6.07) is 4.05. The van der Waals surface area contributed by atoms with Crippen molar-refractivity contribution in [3.8, 4) is 0 Å². The Morgan fingerprint density at radius 1 is 1.25 bits per heavy atom. The topological polar surface area (TPSA) is 55.8 Å². The van der Waals surface area contributed by atoms with Crippen molar-refractivity contribution in [2.24, 2.45) is 5.92 Å². The van der Waals surface area contributed by atoms with Gasteiger partial charge in [-0.1, -0.05) is 6.07 Å². The number of cyclic esters (lactones) is 1. The molecule has 0 aromatic heterocycles. The van der Waals surface area contributed by atoms with Gasteiger partial charge in [-0.15, -0.1) is 0 Å². The minimum Gasteiger partial charge on any atom is -0.454 e. The van der Waals surface area contributed by atoms with Gasteiger partial charge in [0.25, 0.3) is 0 Å². The summed E-state index contributed by atoms with van der Waals surface area (Å²) in [5.74, 6) is 0.272. The van der Waals surface area contributed by atoms with Crippen LogP contribution < -0.4 is 0 Å². The normalized spacial score (nSPS) is 22.7. The van der Waals surface area contributed by atoms with Gasteiger partial charge in [-0.25, -0.2) is 9.59 Å². The van der Waals surface area contributed by atoms with Crippen molar-refractivity contribution in [2.45, 2.75) is 58.3 Å². The van der Waals surface area contributed by atoms with E-state index in [0.717, 1.165) is 30.4 Å². The minimum atomic E-state index is -0.503. The number of esters is 1. The lowest BCUT2D eigenvalue weighted by molar-refractivity contribution is 0.0223. The van der Waals surface area contributed by atoms with E-state index in [1.54, 1.807) is 4.90 Å². The molecule has 0 radical (unpaired) electrons. The van der Waals surface area contributed by atoms with Gasteiger partial charge in [0.05, 0.1) is 5.56 Å². The second kappa shape index (κ2) is 5.23. The number of ether oxygens (including phenoxy) is 2. The van der Waals surface area contributed by atoms with Crippen LogP contribution in [0, 0.1) is 5.92 Å². The molecule has 2 heterocycles. The summed E-state index contributed by atoms with van der Waals surface area (Å²) in [4.78, 5) is 26.2. The van der Waals surface area contributed by atoms with Crippen LogP contribution in [0.15, 0.2) is 12.1 Å². The highest BCUT2D eigenvalue weighted by Gasteiger charge is 2.42. The molecule has 5 heteroatoms. The average molecular weight is 329 g/mol. The smallest absolute Gasteiger partial charge is 0.410 e. The first kappa shape index (κ1) is 15.5. The molecule has 0 saturated heterocycles. The van der Waals surface area contributed by atoms with E-state index in [1.165, 1.54) is 5.56 Å². The summed E-state index contributed by atoms with van der Waals surface area (Å²) < 4.78 is 11.0. The zero-order valence-corrected chi connectivity index (χ0v) is 14.4. The van der Waals surface area contributed by atoms with Crippen LogP contribution in [0.1, 0.15) is 66.8 Å². The predicted molar refractivity (Wildman–Crippen MR) is 87.7 cm³/mol. The lowest BCUT2D eigenvalue weighted by atomic mass is 9.92. The lowest BCUT2D eigenvalue weighted by Crippen LogP contribution is -2.40. The van der Waals surface area contributed by atoms with E-state index in [4.69, 9.17) is 9.47 Å². The Kier molecular flexibility index (Phi) is 3.37. The molecule has 1 aromatic rings. The third kappa shape index (κ3) is 2.76. The molecule has 1 atom stereocenters. The Morgan fingerprint density at radius 2 is 2.00 bits per heavy atom. The average Bonchev–Trinajstić information content (AvgIpc) is 3.29. The molecule has 1 amide bonds. The zero-order chi connectivity index (χ0) is 17.1. The van der Waals surface area contributed by atoms with E-state index in [1.807, 2.05) is 26.8 Å². The van der Waals surface area contributed by atoms with Crippen molar-refractivity contribution in [3.05, 3.63) is 34.4 Å². The fourth-order valence-corrected chi connectivity index (χ4v) is 3.51. The Morgan fingerprint density at radius 3 is 2.67 bits per heavy atom. The molecule has 0 spiro atoms. The van der Waals surface area contributed by atoms with Crippen LogP contribution >= 0.6 is 0 Å². The Labute approximate surface area is 141 Å². The second-order valence-corrected chi connectivity index (χ2v) is 8.02.